The standard InChI is InChI=1S/C11H19NO4/c1-8-11(10(13)14,4-6-15-8)12-7-9-3-2-5-16-9/h8-9,12H,2-7H2,1H3,(H,13,14). The van der Waals surface area contributed by atoms with E-state index in [0.29, 0.717) is 19.6 Å². The van der Waals surface area contributed by atoms with Gasteiger partial charge in [0.15, 0.2) is 0 Å². The zero-order valence-corrected chi connectivity index (χ0v) is 9.57. The molecule has 2 aliphatic heterocycles. The van der Waals surface area contributed by atoms with Crippen LogP contribution >= 0.6 is 0 Å². The second-order valence-electron chi connectivity index (χ2n) is 4.56. The number of carboxylic acid groups (broad SMARTS) is 1. The third kappa shape index (κ3) is 2.07. The Labute approximate surface area is 95.1 Å². The predicted molar refractivity (Wildman–Crippen MR) is 57.4 cm³/mol. The highest BCUT2D eigenvalue weighted by atomic mass is 16.5. The summed E-state index contributed by atoms with van der Waals surface area (Å²) in [4.78, 5) is 11.4. The van der Waals surface area contributed by atoms with Crippen LogP contribution in [0.1, 0.15) is 26.2 Å². The van der Waals surface area contributed by atoms with Gasteiger partial charge in [-0.05, 0) is 19.8 Å². The molecule has 5 heteroatoms. The summed E-state index contributed by atoms with van der Waals surface area (Å²) in [7, 11) is 0. The van der Waals surface area contributed by atoms with Crippen LogP contribution in [0.15, 0.2) is 0 Å². The van der Waals surface area contributed by atoms with Crippen molar-refractivity contribution in [2.75, 3.05) is 19.8 Å². The van der Waals surface area contributed by atoms with Crippen molar-refractivity contribution in [1.29, 1.82) is 0 Å². The minimum Gasteiger partial charge on any atom is -0.480 e. The van der Waals surface area contributed by atoms with Crippen LogP contribution in [0.3, 0.4) is 0 Å². The maximum Gasteiger partial charge on any atom is 0.326 e. The molecule has 2 fully saturated rings. The predicted octanol–water partition coefficient (Wildman–Crippen LogP) is 0.387. The third-order valence-electron chi connectivity index (χ3n) is 3.61. The lowest BCUT2D eigenvalue weighted by atomic mass is 9.92. The zero-order chi connectivity index (χ0) is 11.6. The lowest BCUT2D eigenvalue weighted by Crippen LogP contribution is -2.58. The summed E-state index contributed by atoms with van der Waals surface area (Å²) >= 11 is 0. The Balaban J connectivity index is 1.94. The first-order chi connectivity index (χ1) is 7.65. The lowest BCUT2D eigenvalue weighted by Gasteiger charge is -2.29. The molecule has 0 saturated carbocycles. The Morgan fingerprint density at radius 3 is 2.81 bits per heavy atom. The number of rotatable bonds is 4. The van der Waals surface area contributed by atoms with Crippen LogP contribution < -0.4 is 5.32 Å². The second kappa shape index (κ2) is 4.69. The van der Waals surface area contributed by atoms with E-state index in [1.165, 1.54) is 0 Å². The minimum atomic E-state index is -0.925. The maximum atomic E-state index is 11.4. The van der Waals surface area contributed by atoms with Gasteiger partial charge in [-0.2, -0.15) is 0 Å². The highest BCUT2D eigenvalue weighted by Crippen LogP contribution is 2.26. The van der Waals surface area contributed by atoms with Crippen molar-refractivity contribution in [2.24, 2.45) is 0 Å². The zero-order valence-electron chi connectivity index (χ0n) is 9.57. The topological polar surface area (TPSA) is 67.8 Å². The molecule has 2 rings (SSSR count). The highest BCUT2D eigenvalue weighted by molar-refractivity contribution is 5.80. The van der Waals surface area contributed by atoms with Crippen molar-refractivity contribution in [3.05, 3.63) is 0 Å². The fourth-order valence-electron chi connectivity index (χ4n) is 2.43. The van der Waals surface area contributed by atoms with Crippen LogP contribution in [0.25, 0.3) is 0 Å². The molecule has 0 radical (unpaired) electrons. The van der Waals surface area contributed by atoms with Gasteiger partial charge in [-0.1, -0.05) is 0 Å². The first kappa shape index (κ1) is 11.8. The first-order valence-corrected chi connectivity index (χ1v) is 5.87. The van der Waals surface area contributed by atoms with Crippen LogP contribution in [0.2, 0.25) is 0 Å². The van der Waals surface area contributed by atoms with Crippen LogP contribution in [0.4, 0.5) is 0 Å². The first-order valence-electron chi connectivity index (χ1n) is 5.87. The molecule has 0 amide bonds. The summed E-state index contributed by atoms with van der Waals surface area (Å²) in [5.74, 6) is -0.824. The van der Waals surface area contributed by atoms with Gasteiger partial charge in [0.25, 0.3) is 0 Å². The normalized spacial score (nSPS) is 39.1. The Bertz CT molecular complexity index is 265. The van der Waals surface area contributed by atoms with E-state index < -0.39 is 11.5 Å². The van der Waals surface area contributed by atoms with Gasteiger partial charge < -0.3 is 14.6 Å². The molecule has 2 aliphatic rings. The molecule has 3 unspecified atom stereocenters. The summed E-state index contributed by atoms with van der Waals surface area (Å²) in [6, 6.07) is 0. The van der Waals surface area contributed by atoms with Gasteiger partial charge in [-0.25, -0.2) is 0 Å². The van der Waals surface area contributed by atoms with E-state index in [1.807, 2.05) is 6.92 Å². The van der Waals surface area contributed by atoms with E-state index in [9.17, 15) is 9.90 Å². The molecule has 0 aromatic heterocycles. The van der Waals surface area contributed by atoms with E-state index in [1.54, 1.807) is 0 Å². The van der Waals surface area contributed by atoms with Gasteiger partial charge in [0.05, 0.1) is 12.2 Å². The van der Waals surface area contributed by atoms with Gasteiger partial charge in [0, 0.05) is 26.2 Å². The van der Waals surface area contributed by atoms with Gasteiger partial charge in [-0.3, -0.25) is 10.1 Å². The molecule has 2 heterocycles. The second-order valence-corrected chi connectivity index (χ2v) is 4.56. The van der Waals surface area contributed by atoms with E-state index in [4.69, 9.17) is 9.47 Å². The van der Waals surface area contributed by atoms with Crippen LogP contribution in [0.5, 0.6) is 0 Å². The Hall–Kier alpha value is -0.650. The molecule has 3 atom stereocenters. The number of carboxylic acids is 1. The van der Waals surface area contributed by atoms with Crippen LogP contribution in [-0.2, 0) is 14.3 Å². The van der Waals surface area contributed by atoms with Gasteiger partial charge in [0.2, 0.25) is 0 Å². The number of carbonyl (C=O) groups is 1. The van der Waals surface area contributed by atoms with Crippen molar-refractivity contribution < 1.29 is 19.4 Å². The van der Waals surface area contributed by atoms with E-state index in [0.717, 1.165) is 19.4 Å². The summed E-state index contributed by atoms with van der Waals surface area (Å²) in [6.45, 7) is 3.70. The quantitative estimate of drug-likeness (QED) is 0.729. The van der Waals surface area contributed by atoms with Crippen molar-refractivity contribution in [1.82, 2.24) is 5.32 Å². The molecule has 0 aromatic rings. The SMILES string of the molecule is CC1OCCC1(NCC1CCCO1)C(=O)O. The number of nitrogens with one attached hydrogen (secondary N) is 1. The summed E-state index contributed by atoms with van der Waals surface area (Å²) in [5.41, 5.74) is -0.925. The fourth-order valence-corrected chi connectivity index (χ4v) is 2.43. The number of hydrogen-bond donors (Lipinski definition) is 2. The monoisotopic (exact) mass is 229 g/mol. The van der Waals surface area contributed by atoms with Crippen molar-refractivity contribution >= 4 is 5.97 Å². The number of hydrogen-bond acceptors (Lipinski definition) is 4. The van der Waals surface area contributed by atoms with Crippen molar-refractivity contribution in [3.63, 3.8) is 0 Å². The maximum absolute atomic E-state index is 11.4. The number of ether oxygens (including phenoxy) is 2. The largest absolute Gasteiger partial charge is 0.480 e. The fraction of sp³-hybridized carbons (Fsp3) is 0.909. The summed E-state index contributed by atoms with van der Waals surface area (Å²) in [5, 5.41) is 12.5. The molecule has 16 heavy (non-hydrogen) atoms. The summed E-state index contributed by atoms with van der Waals surface area (Å²) < 4.78 is 10.8. The Kier molecular flexibility index (Phi) is 3.47. The van der Waals surface area contributed by atoms with Crippen molar-refractivity contribution in [2.45, 2.75) is 43.9 Å². The molecule has 0 spiro atoms. The Morgan fingerprint density at radius 1 is 1.50 bits per heavy atom. The van der Waals surface area contributed by atoms with Crippen molar-refractivity contribution in [3.8, 4) is 0 Å². The molecule has 0 bridgehead atoms. The minimum absolute atomic E-state index is 0.157. The average molecular weight is 229 g/mol. The average Bonchev–Trinajstić information content (AvgIpc) is 2.85. The molecule has 2 saturated heterocycles. The van der Waals surface area contributed by atoms with E-state index in [2.05, 4.69) is 5.32 Å². The molecule has 0 aromatic carbocycles. The Morgan fingerprint density at radius 2 is 2.31 bits per heavy atom. The number of aliphatic carboxylic acids is 1. The summed E-state index contributed by atoms with van der Waals surface area (Å²) in [6.07, 6.45) is 2.47. The van der Waals surface area contributed by atoms with Crippen LogP contribution in [-0.4, -0.2) is 48.6 Å². The molecule has 5 nitrogen and oxygen atoms in total. The van der Waals surface area contributed by atoms with E-state index >= 15 is 0 Å². The van der Waals surface area contributed by atoms with Gasteiger partial charge in [-0.15, -0.1) is 0 Å². The van der Waals surface area contributed by atoms with Crippen LogP contribution in [0, 0.1) is 0 Å². The van der Waals surface area contributed by atoms with Gasteiger partial charge >= 0.3 is 5.97 Å². The lowest BCUT2D eigenvalue weighted by molar-refractivity contribution is -0.147. The molecule has 0 aliphatic carbocycles. The smallest absolute Gasteiger partial charge is 0.326 e. The molecule has 2 N–H and O–H groups in total. The highest BCUT2D eigenvalue weighted by Gasteiger charge is 2.48. The molecular formula is C11H19NO4. The van der Waals surface area contributed by atoms with E-state index in [-0.39, 0.29) is 12.2 Å². The van der Waals surface area contributed by atoms with Gasteiger partial charge in [0.1, 0.15) is 5.54 Å². The third-order valence-corrected chi connectivity index (χ3v) is 3.61. The molecular weight excluding hydrogens is 210 g/mol. The molecule has 92 valence electrons.